The molecule has 0 atom stereocenters. The van der Waals surface area contributed by atoms with Crippen molar-refractivity contribution in [2.75, 3.05) is 26.2 Å². The van der Waals surface area contributed by atoms with Crippen molar-refractivity contribution in [1.82, 2.24) is 9.80 Å². The molecule has 0 spiro atoms. The largest absolute Gasteiger partial charge is 0.480 e. The molecule has 1 heterocycles. The minimum atomic E-state index is -0.985. The topological polar surface area (TPSA) is 77.9 Å². The molecular formula is C14H22N2O4. The molecule has 0 aromatic carbocycles. The Morgan fingerprint density at radius 1 is 1.10 bits per heavy atom. The molecule has 0 aromatic rings. The summed E-state index contributed by atoms with van der Waals surface area (Å²) in [6.45, 7) is 3.20. The summed E-state index contributed by atoms with van der Waals surface area (Å²) in [6, 6.07) is 0. The maximum atomic E-state index is 12.2. The van der Waals surface area contributed by atoms with Crippen LogP contribution in [0.15, 0.2) is 0 Å². The fraction of sp³-hybridized carbons (Fsp3) is 0.786. The fourth-order valence-electron chi connectivity index (χ4n) is 2.70. The van der Waals surface area contributed by atoms with Gasteiger partial charge >= 0.3 is 5.97 Å². The van der Waals surface area contributed by atoms with Gasteiger partial charge in [0.25, 0.3) is 0 Å². The van der Waals surface area contributed by atoms with Crippen molar-refractivity contribution < 1.29 is 19.5 Å². The highest BCUT2D eigenvalue weighted by Crippen LogP contribution is 2.32. The Balaban J connectivity index is 1.84. The van der Waals surface area contributed by atoms with Crippen molar-refractivity contribution in [2.24, 2.45) is 11.8 Å². The molecule has 0 aromatic heterocycles. The molecule has 1 N–H and O–H groups in total. The number of amides is 2. The number of carbonyl (C=O) groups excluding carboxylic acids is 2. The van der Waals surface area contributed by atoms with Gasteiger partial charge in [-0.25, -0.2) is 0 Å². The van der Waals surface area contributed by atoms with Gasteiger partial charge in [-0.2, -0.15) is 0 Å². The molecule has 1 saturated carbocycles. The summed E-state index contributed by atoms with van der Waals surface area (Å²) in [7, 11) is 0. The van der Waals surface area contributed by atoms with Crippen molar-refractivity contribution in [3.8, 4) is 0 Å². The standard InChI is InChI=1S/C14H22N2O4/c1-2-15(9-12(17)18)13(19)11-5-7-16(8-6-11)14(20)10-3-4-10/h10-11H,2-9H2,1H3,(H,17,18). The third-order valence-corrected chi connectivity index (χ3v) is 4.10. The van der Waals surface area contributed by atoms with E-state index in [0.717, 1.165) is 12.8 Å². The van der Waals surface area contributed by atoms with E-state index in [1.54, 1.807) is 6.92 Å². The van der Waals surface area contributed by atoms with Gasteiger partial charge in [-0.05, 0) is 32.6 Å². The summed E-state index contributed by atoms with van der Waals surface area (Å²) in [4.78, 5) is 38.1. The molecule has 1 aliphatic heterocycles. The Bertz CT molecular complexity index is 398. The monoisotopic (exact) mass is 282 g/mol. The zero-order valence-electron chi connectivity index (χ0n) is 11.9. The molecule has 1 aliphatic carbocycles. The van der Waals surface area contributed by atoms with Crippen LogP contribution in [-0.2, 0) is 14.4 Å². The van der Waals surface area contributed by atoms with Crippen LogP contribution in [0.2, 0.25) is 0 Å². The van der Waals surface area contributed by atoms with E-state index in [0.29, 0.717) is 32.5 Å². The van der Waals surface area contributed by atoms with E-state index in [-0.39, 0.29) is 30.2 Å². The number of rotatable bonds is 5. The van der Waals surface area contributed by atoms with Crippen LogP contribution in [0.4, 0.5) is 0 Å². The lowest BCUT2D eigenvalue weighted by atomic mass is 9.95. The van der Waals surface area contributed by atoms with Gasteiger partial charge in [0.1, 0.15) is 6.54 Å². The van der Waals surface area contributed by atoms with Crippen LogP contribution in [0.5, 0.6) is 0 Å². The third kappa shape index (κ3) is 3.49. The number of aliphatic carboxylic acids is 1. The molecule has 2 amide bonds. The fourth-order valence-corrected chi connectivity index (χ4v) is 2.70. The zero-order valence-corrected chi connectivity index (χ0v) is 11.9. The van der Waals surface area contributed by atoms with E-state index in [9.17, 15) is 14.4 Å². The molecule has 2 fully saturated rings. The Hall–Kier alpha value is -1.59. The van der Waals surface area contributed by atoms with E-state index in [2.05, 4.69) is 0 Å². The number of hydrogen-bond donors (Lipinski definition) is 1. The Labute approximate surface area is 118 Å². The molecule has 20 heavy (non-hydrogen) atoms. The average Bonchev–Trinajstić information content (AvgIpc) is 3.27. The number of nitrogens with zero attached hydrogens (tertiary/aromatic N) is 2. The highest BCUT2D eigenvalue weighted by Gasteiger charge is 2.36. The second kappa shape index (κ2) is 6.24. The maximum Gasteiger partial charge on any atom is 0.323 e. The van der Waals surface area contributed by atoms with Gasteiger partial charge in [-0.3, -0.25) is 14.4 Å². The van der Waals surface area contributed by atoms with Crippen molar-refractivity contribution in [3.05, 3.63) is 0 Å². The van der Waals surface area contributed by atoms with E-state index in [1.807, 2.05) is 4.90 Å². The van der Waals surface area contributed by atoms with Crippen LogP contribution in [0.3, 0.4) is 0 Å². The first-order chi connectivity index (χ1) is 9.52. The van der Waals surface area contributed by atoms with Crippen molar-refractivity contribution >= 4 is 17.8 Å². The van der Waals surface area contributed by atoms with Gasteiger partial charge in [0.2, 0.25) is 11.8 Å². The van der Waals surface area contributed by atoms with E-state index >= 15 is 0 Å². The van der Waals surface area contributed by atoms with Gasteiger partial charge in [0.05, 0.1) is 0 Å². The number of carbonyl (C=O) groups is 3. The van der Waals surface area contributed by atoms with E-state index < -0.39 is 5.97 Å². The van der Waals surface area contributed by atoms with Crippen LogP contribution < -0.4 is 0 Å². The normalized spacial score (nSPS) is 19.8. The van der Waals surface area contributed by atoms with E-state index in [4.69, 9.17) is 5.11 Å². The first-order valence-electron chi connectivity index (χ1n) is 7.32. The lowest BCUT2D eigenvalue weighted by Gasteiger charge is -2.33. The second-order valence-corrected chi connectivity index (χ2v) is 5.62. The van der Waals surface area contributed by atoms with Gasteiger partial charge in [-0.1, -0.05) is 0 Å². The van der Waals surface area contributed by atoms with Crippen LogP contribution in [0.1, 0.15) is 32.6 Å². The van der Waals surface area contributed by atoms with Crippen LogP contribution in [0.25, 0.3) is 0 Å². The third-order valence-electron chi connectivity index (χ3n) is 4.10. The van der Waals surface area contributed by atoms with Crippen LogP contribution >= 0.6 is 0 Å². The Morgan fingerprint density at radius 2 is 1.70 bits per heavy atom. The Morgan fingerprint density at radius 3 is 2.15 bits per heavy atom. The lowest BCUT2D eigenvalue weighted by Crippen LogP contribution is -2.46. The van der Waals surface area contributed by atoms with Crippen LogP contribution in [-0.4, -0.2) is 58.9 Å². The highest BCUT2D eigenvalue weighted by molar-refractivity contribution is 5.84. The van der Waals surface area contributed by atoms with Crippen molar-refractivity contribution in [1.29, 1.82) is 0 Å². The number of carboxylic acids is 1. The van der Waals surface area contributed by atoms with Crippen LogP contribution in [0, 0.1) is 11.8 Å². The molecule has 2 aliphatic rings. The zero-order chi connectivity index (χ0) is 14.7. The van der Waals surface area contributed by atoms with Gasteiger partial charge in [-0.15, -0.1) is 0 Å². The predicted molar refractivity (Wildman–Crippen MR) is 71.9 cm³/mol. The van der Waals surface area contributed by atoms with Crippen molar-refractivity contribution in [3.63, 3.8) is 0 Å². The molecule has 2 rings (SSSR count). The number of piperidine rings is 1. The molecule has 6 heteroatoms. The highest BCUT2D eigenvalue weighted by atomic mass is 16.4. The van der Waals surface area contributed by atoms with E-state index in [1.165, 1.54) is 4.90 Å². The van der Waals surface area contributed by atoms with Gasteiger partial charge in [0.15, 0.2) is 0 Å². The summed E-state index contributed by atoms with van der Waals surface area (Å²) < 4.78 is 0. The predicted octanol–water partition coefficient (Wildman–Crippen LogP) is 0.568. The molecule has 0 unspecified atom stereocenters. The molecule has 6 nitrogen and oxygen atoms in total. The first kappa shape index (κ1) is 14.8. The SMILES string of the molecule is CCN(CC(=O)O)C(=O)C1CCN(C(=O)C2CC2)CC1. The summed E-state index contributed by atoms with van der Waals surface area (Å²) in [5, 5.41) is 8.80. The summed E-state index contributed by atoms with van der Waals surface area (Å²) in [5.41, 5.74) is 0. The van der Waals surface area contributed by atoms with Gasteiger partial charge < -0.3 is 14.9 Å². The molecule has 0 bridgehead atoms. The molecule has 112 valence electrons. The number of hydrogen-bond acceptors (Lipinski definition) is 3. The maximum absolute atomic E-state index is 12.2. The quantitative estimate of drug-likeness (QED) is 0.799. The minimum Gasteiger partial charge on any atom is -0.480 e. The average molecular weight is 282 g/mol. The summed E-state index contributed by atoms with van der Waals surface area (Å²) >= 11 is 0. The van der Waals surface area contributed by atoms with Gasteiger partial charge in [0, 0.05) is 31.5 Å². The minimum absolute atomic E-state index is 0.0894. The summed E-state index contributed by atoms with van der Waals surface area (Å²) in [6.07, 6.45) is 3.29. The molecular weight excluding hydrogens is 260 g/mol. The number of likely N-dealkylation sites (tertiary alicyclic amines) is 1. The molecule has 0 radical (unpaired) electrons. The lowest BCUT2D eigenvalue weighted by molar-refractivity contribution is -0.147. The van der Waals surface area contributed by atoms with Crippen molar-refractivity contribution in [2.45, 2.75) is 32.6 Å². The smallest absolute Gasteiger partial charge is 0.323 e. The summed E-state index contributed by atoms with van der Waals surface area (Å²) in [5.74, 6) is -0.761. The molecule has 1 saturated heterocycles. The second-order valence-electron chi connectivity index (χ2n) is 5.62. The number of carboxylic acid groups (broad SMARTS) is 1. The Kier molecular flexibility index (Phi) is 4.62. The number of likely N-dealkylation sites (N-methyl/N-ethyl adjacent to an activating group) is 1. The first-order valence-corrected chi connectivity index (χ1v) is 7.32.